The lowest BCUT2D eigenvalue weighted by Crippen LogP contribution is -2.26. The van der Waals surface area contributed by atoms with Gasteiger partial charge >= 0.3 is 0 Å². The predicted molar refractivity (Wildman–Crippen MR) is 569 cm³/mol. The van der Waals surface area contributed by atoms with Gasteiger partial charge in [-0.25, -0.2) is 29.9 Å². The minimum absolute atomic E-state index is 0.102. The fourth-order valence-corrected chi connectivity index (χ4v) is 21.7. The number of pyridine rings is 3. The van der Waals surface area contributed by atoms with Crippen molar-refractivity contribution in [3.05, 3.63) is 512 Å². The van der Waals surface area contributed by atoms with Gasteiger partial charge in [0.15, 0.2) is 0 Å². The van der Waals surface area contributed by atoms with Gasteiger partial charge in [0.1, 0.15) is 0 Å². The Hall–Kier alpha value is -17.8. The first-order valence-electron chi connectivity index (χ1n) is 47.5. The largest absolute Gasteiger partial charge is 0.265 e. The van der Waals surface area contributed by atoms with Crippen molar-refractivity contribution in [2.45, 2.75) is 43.9 Å². The highest BCUT2D eigenvalue weighted by atomic mass is 14.9. The molecule has 0 amide bonds. The second-order valence-corrected chi connectivity index (χ2v) is 37.4. The van der Waals surface area contributed by atoms with Crippen molar-refractivity contribution >= 4 is 33.1 Å². The summed E-state index contributed by atoms with van der Waals surface area (Å²) in [6, 6.07) is 156. The molecule has 9 nitrogen and oxygen atoms in total. The van der Waals surface area contributed by atoms with Crippen molar-refractivity contribution in [3.63, 3.8) is 0 Å². The maximum absolute atomic E-state index is 5.32. The van der Waals surface area contributed by atoms with Crippen LogP contribution in [-0.2, 0) is 16.2 Å². The Morgan fingerprint density at radius 3 is 0.770 bits per heavy atom. The van der Waals surface area contributed by atoms with E-state index in [2.05, 4.69) is 352 Å². The van der Waals surface area contributed by atoms with Crippen molar-refractivity contribution in [1.29, 1.82) is 0 Å². The zero-order valence-corrected chi connectivity index (χ0v) is 77.0. The first-order chi connectivity index (χ1) is 68.4. The van der Waals surface area contributed by atoms with Crippen LogP contribution in [0.5, 0.6) is 0 Å². The van der Waals surface area contributed by atoms with Gasteiger partial charge in [-0.2, -0.15) is 0 Å². The maximum Gasteiger partial charge on any atom is 0.0973 e. The summed E-state index contributed by atoms with van der Waals surface area (Å²) < 4.78 is 0. The summed E-state index contributed by atoms with van der Waals surface area (Å²) in [5, 5.41) is 0. The Bertz CT molecular complexity index is 8390. The van der Waals surface area contributed by atoms with Crippen LogP contribution in [0.3, 0.4) is 0 Å². The molecule has 4 aliphatic rings. The summed E-state index contributed by atoms with van der Waals surface area (Å²) >= 11 is 0. The van der Waals surface area contributed by atoms with Crippen LogP contribution >= 0.6 is 0 Å². The van der Waals surface area contributed by atoms with Crippen molar-refractivity contribution in [3.8, 4) is 179 Å². The number of nitrogens with zero attached hydrogens (tertiary/aromatic N) is 9. The average molecular weight is 1780 g/mol. The third-order valence-electron chi connectivity index (χ3n) is 28.7. The molecule has 0 fully saturated rings. The zero-order valence-electron chi connectivity index (χ0n) is 77.0. The number of rotatable bonds is 12. The van der Waals surface area contributed by atoms with E-state index in [9.17, 15) is 0 Å². The van der Waals surface area contributed by atoms with Crippen molar-refractivity contribution in [2.75, 3.05) is 0 Å². The summed E-state index contributed by atoms with van der Waals surface area (Å²) in [4.78, 5) is 43.8. The van der Waals surface area contributed by atoms with Crippen molar-refractivity contribution < 1.29 is 0 Å². The first-order valence-corrected chi connectivity index (χ1v) is 47.5. The summed E-state index contributed by atoms with van der Waals surface area (Å²) in [7, 11) is 0. The number of hydrogen-bond donors (Lipinski definition) is 0. The number of hydrogen-bond acceptors (Lipinski definition) is 9. The molecule has 0 atom stereocenters. The van der Waals surface area contributed by atoms with Crippen LogP contribution in [-0.4, -0.2) is 44.9 Å². The molecule has 27 rings (SSSR count). The van der Waals surface area contributed by atoms with E-state index in [1.165, 1.54) is 139 Å². The van der Waals surface area contributed by atoms with Crippen LogP contribution in [0.25, 0.3) is 212 Å². The van der Waals surface area contributed by atoms with Crippen LogP contribution in [0.4, 0.5) is 0 Å². The fourth-order valence-electron chi connectivity index (χ4n) is 21.7. The Morgan fingerprint density at radius 1 is 0.158 bits per heavy atom. The normalized spacial score (nSPS) is 13.1. The smallest absolute Gasteiger partial charge is 0.0973 e. The molecule has 6 aromatic heterocycles. The van der Waals surface area contributed by atoms with Crippen LogP contribution in [0.15, 0.2) is 468 Å². The molecule has 0 radical (unpaired) electrons. The topological polar surface area (TPSA) is 116 Å². The van der Waals surface area contributed by atoms with Crippen molar-refractivity contribution in [2.24, 2.45) is 0 Å². The van der Waals surface area contributed by atoms with Crippen LogP contribution < -0.4 is 0 Å². The van der Waals surface area contributed by atoms with Gasteiger partial charge in [0.05, 0.1) is 78.4 Å². The summed E-state index contributed by atoms with van der Waals surface area (Å²) in [6.07, 6.45) is 9.32. The second-order valence-electron chi connectivity index (χ2n) is 37.4. The third kappa shape index (κ3) is 14.4. The minimum atomic E-state index is -0.505. The highest BCUT2D eigenvalue weighted by Gasteiger charge is 2.52. The molecule has 0 saturated carbocycles. The van der Waals surface area contributed by atoms with Gasteiger partial charge in [0, 0.05) is 80.8 Å². The molecular formula is C130H89N9. The van der Waals surface area contributed by atoms with E-state index in [4.69, 9.17) is 29.9 Å². The number of fused-ring (bicyclic) bond motifs is 19. The van der Waals surface area contributed by atoms with E-state index in [1.54, 1.807) is 0 Å². The number of aromatic nitrogens is 9. The standard InChI is InChI=1S/C50H31N3.2C40H29N3/c1-2-12-34(13-3-1)48-49(53-47-20-9-8-19-46(47)52-48)36-26-28-40-39-27-25-35(32-21-23-33(24-22-32)45-18-10-11-29-51-45)30-43(39)50(44(40)31-36)41-16-6-4-14-37(41)38-15-5-7-17-42(38)50;1-40(2)34-23-29(18-20-32(34)33-21-19-30(24-35(33)40)31-11-8-22-41-25-31)26-14-16-28(17-15-26)39-38(27-9-4-3-5-10-27)42-36-12-6-7-13-37(36)43-39;1-40(2)34-24-30(16-18-32(34)33-19-17-31(25-35(33)40)27-20-22-41-23-21-27)26-12-14-29(15-13-26)39-38(28-8-4-3-5-9-28)42-36-10-6-7-11-37(36)43-39/h1-31H;2*3-25H,1-2H3. The lowest BCUT2D eigenvalue weighted by molar-refractivity contribution is 0.660. The third-order valence-corrected chi connectivity index (χ3v) is 28.7. The lowest BCUT2D eigenvalue weighted by atomic mass is 9.70. The average Bonchev–Trinajstić information content (AvgIpc) is 1.50. The molecule has 17 aromatic carbocycles. The molecule has 9 heteroatoms. The molecule has 0 aliphatic heterocycles. The summed E-state index contributed by atoms with van der Waals surface area (Å²) in [5.41, 5.74) is 51.4. The molecule has 0 saturated heterocycles. The van der Waals surface area contributed by atoms with E-state index < -0.39 is 5.41 Å². The van der Waals surface area contributed by atoms with Crippen molar-refractivity contribution in [1.82, 2.24) is 44.9 Å². The Kier molecular flexibility index (Phi) is 20.3. The van der Waals surface area contributed by atoms with Gasteiger partial charge in [0.25, 0.3) is 0 Å². The molecule has 139 heavy (non-hydrogen) atoms. The van der Waals surface area contributed by atoms with Gasteiger partial charge in [-0.05, 0) is 248 Å². The van der Waals surface area contributed by atoms with E-state index in [1.807, 2.05) is 158 Å². The first kappa shape index (κ1) is 83.1. The molecule has 23 aromatic rings. The van der Waals surface area contributed by atoms with E-state index in [-0.39, 0.29) is 10.8 Å². The number of para-hydroxylation sites is 6. The molecule has 0 N–H and O–H groups in total. The SMILES string of the molecule is CC1(C)c2cc(-c3ccc(-c4nc5ccccc5nc4-c4ccccc4)cc3)ccc2-c2ccc(-c3cccnc3)cc21.CC1(C)c2cc(-c3ccncc3)ccc2-c2ccc(-c3ccc(-c4nc5ccccc5nc4-c4ccccc4)cc3)cc21.c1ccc(-c2nc3ccccc3nc2-c2ccc3c(c2)C2(c4ccccc4-c4ccccc42)c2cc(-c4ccc(-c5ccccn5)cc4)ccc2-3)cc1. The maximum atomic E-state index is 5.32. The van der Waals surface area contributed by atoms with Gasteiger partial charge in [-0.15, -0.1) is 0 Å². The Morgan fingerprint density at radius 2 is 0.417 bits per heavy atom. The molecular weight excluding hydrogens is 1690 g/mol. The van der Waals surface area contributed by atoms with Crippen LogP contribution in [0, 0.1) is 0 Å². The molecule has 654 valence electrons. The molecule has 0 bridgehead atoms. The minimum Gasteiger partial charge on any atom is -0.265 e. The second kappa shape index (κ2) is 34.0. The Labute approximate surface area is 807 Å². The van der Waals surface area contributed by atoms with E-state index >= 15 is 0 Å². The van der Waals surface area contributed by atoms with Gasteiger partial charge < -0.3 is 0 Å². The fraction of sp³-hybridized carbons (Fsp3) is 0.0538. The predicted octanol–water partition coefficient (Wildman–Crippen LogP) is 32.0. The summed E-state index contributed by atoms with van der Waals surface area (Å²) in [5.74, 6) is 0. The molecule has 0 unspecified atom stereocenters. The van der Waals surface area contributed by atoms with E-state index in [0.29, 0.717) is 0 Å². The molecule has 1 spiro atoms. The molecule has 6 heterocycles. The molecule has 4 aliphatic carbocycles. The lowest BCUT2D eigenvalue weighted by Gasteiger charge is -2.31. The van der Waals surface area contributed by atoms with Gasteiger partial charge in [-0.1, -0.05) is 361 Å². The monoisotopic (exact) mass is 1780 g/mol. The van der Waals surface area contributed by atoms with Crippen LogP contribution in [0.1, 0.15) is 72.2 Å². The van der Waals surface area contributed by atoms with Gasteiger partial charge in [0.2, 0.25) is 0 Å². The summed E-state index contributed by atoms with van der Waals surface area (Å²) in [6.45, 7) is 9.34. The highest BCUT2D eigenvalue weighted by molar-refractivity contribution is 6.00. The van der Waals surface area contributed by atoms with Gasteiger partial charge in [-0.3, -0.25) is 15.0 Å². The quantitative estimate of drug-likeness (QED) is 0.118. The Balaban J connectivity index is 0.000000111. The number of benzene rings is 17. The van der Waals surface area contributed by atoms with Crippen LogP contribution in [0.2, 0.25) is 0 Å². The van der Waals surface area contributed by atoms with E-state index in [0.717, 1.165) is 117 Å². The zero-order chi connectivity index (χ0) is 92.9. The highest BCUT2D eigenvalue weighted by Crippen LogP contribution is 2.64.